The van der Waals surface area contributed by atoms with E-state index in [0.29, 0.717) is 24.3 Å². The third kappa shape index (κ3) is 5.73. The molecule has 4 fully saturated rings. The molecular formula is C20H23Br2FN4O2. The van der Waals surface area contributed by atoms with Crippen molar-refractivity contribution in [1.29, 1.82) is 0 Å². The van der Waals surface area contributed by atoms with Crippen molar-refractivity contribution < 1.29 is 13.9 Å². The number of aromatic nitrogens is 2. The van der Waals surface area contributed by atoms with Gasteiger partial charge in [0.25, 0.3) is 0 Å². The van der Waals surface area contributed by atoms with Crippen molar-refractivity contribution in [2.75, 3.05) is 31.2 Å². The molecule has 0 radical (unpaired) electrons. The molecule has 6 nitrogen and oxygen atoms in total. The molecule has 0 amide bonds. The Bertz CT molecular complexity index is 757. The van der Waals surface area contributed by atoms with Crippen molar-refractivity contribution in [3.63, 3.8) is 0 Å². The smallest absolute Gasteiger partial charge is 0.212 e. The molecule has 0 aliphatic carbocycles. The van der Waals surface area contributed by atoms with Gasteiger partial charge in [-0.15, -0.1) is 0 Å². The molecule has 29 heavy (non-hydrogen) atoms. The Hall–Kier alpha value is -1.13. The van der Waals surface area contributed by atoms with E-state index in [0.717, 1.165) is 47.5 Å². The lowest BCUT2D eigenvalue weighted by atomic mass is 10.2. The van der Waals surface area contributed by atoms with E-state index >= 15 is 0 Å². The van der Waals surface area contributed by atoms with Crippen molar-refractivity contribution in [2.24, 2.45) is 0 Å². The van der Waals surface area contributed by atoms with Gasteiger partial charge in [0.15, 0.2) is 0 Å². The maximum Gasteiger partial charge on any atom is 0.212 e. The van der Waals surface area contributed by atoms with E-state index in [-0.39, 0.29) is 0 Å². The summed E-state index contributed by atoms with van der Waals surface area (Å²) in [7, 11) is 0. The molecule has 1 N–H and O–H groups in total. The summed E-state index contributed by atoms with van der Waals surface area (Å²) in [5.41, 5.74) is 0. The van der Waals surface area contributed by atoms with Crippen LogP contribution in [0, 0.1) is 5.95 Å². The molecule has 4 atom stereocenters. The molecule has 6 heterocycles. The van der Waals surface area contributed by atoms with Crippen LogP contribution in [0.1, 0.15) is 12.8 Å². The van der Waals surface area contributed by atoms with Gasteiger partial charge < -0.3 is 19.7 Å². The Morgan fingerprint density at radius 1 is 0.966 bits per heavy atom. The highest BCUT2D eigenvalue weighted by Gasteiger charge is 2.39. The largest absolute Gasteiger partial charge is 0.375 e. The number of hydrogen-bond acceptors (Lipinski definition) is 6. The molecule has 2 aromatic heterocycles. The van der Waals surface area contributed by atoms with Crippen LogP contribution in [0.4, 0.5) is 10.2 Å². The second-order valence-corrected chi connectivity index (χ2v) is 9.26. The van der Waals surface area contributed by atoms with Crippen molar-refractivity contribution >= 4 is 37.7 Å². The first-order chi connectivity index (χ1) is 14.1. The molecule has 4 bridgehead atoms. The van der Waals surface area contributed by atoms with Gasteiger partial charge in [-0.3, -0.25) is 0 Å². The number of nitrogens with zero attached hydrogens (tertiary/aromatic N) is 3. The van der Waals surface area contributed by atoms with E-state index in [1.54, 1.807) is 6.07 Å². The zero-order valence-electron chi connectivity index (χ0n) is 15.8. The van der Waals surface area contributed by atoms with Crippen LogP contribution in [0.3, 0.4) is 0 Å². The lowest BCUT2D eigenvalue weighted by Crippen LogP contribution is -2.37. The number of pyridine rings is 2. The molecule has 0 unspecified atom stereocenters. The predicted octanol–water partition coefficient (Wildman–Crippen LogP) is 3.55. The molecule has 4 aliphatic rings. The quantitative estimate of drug-likeness (QED) is 0.570. The average Bonchev–Trinajstić information content (AvgIpc) is 3.54. The van der Waals surface area contributed by atoms with Gasteiger partial charge in [-0.05, 0) is 69.0 Å². The highest BCUT2D eigenvalue weighted by atomic mass is 79.9. The first-order valence-corrected chi connectivity index (χ1v) is 11.3. The lowest BCUT2D eigenvalue weighted by molar-refractivity contribution is 0.0892. The Morgan fingerprint density at radius 3 is 2.10 bits per heavy atom. The molecule has 0 spiro atoms. The number of fused-ring (bicyclic) bond motifs is 4. The molecule has 0 saturated carbocycles. The monoisotopic (exact) mass is 528 g/mol. The van der Waals surface area contributed by atoms with Crippen LogP contribution >= 0.6 is 31.9 Å². The van der Waals surface area contributed by atoms with Gasteiger partial charge in [0.2, 0.25) is 5.95 Å². The maximum absolute atomic E-state index is 12.0. The van der Waals surface area contributed by atoms with Crippen LogP contribution in [0.5, 0.6) is 0 Å². The third-order valence-electron chi connectivity index (χ3n) is 5.31. The molecule has 4 aliphatic heterocycles. The summed E-state index contributed by atoms with van der Waals surface area (Å²) in [5.74, 6) is 0.622. The molecule has 9 heteroatoms. The molecular weight excluding hydrogens is 507 g/mol. The summed E-state index contributed by atoms with van der Waals surface area (Å²) in [6.45, 7) is 3.90. The number of ether oxygens (including phenoxy) is 2. The number of nitrogens with one attached hydrogen (secondary N) is 1. The Kier molecular flexibility index (Phi) is 7.12. The highest BCUT2D eigenvalue weighted by Crippen LogP contribution is 2.31. The van der Waals surface area contributed by atoms with Gasteiger partial charge in [-0.25, -0.2) is 9.97 Å². The van der Waals surface area contributed by atoms with Gasteiger partial charge in [0, 0.05) is 40.5 Å². The van der Waals surface area contributed by atoms with Gasteiger partial charge in [-0.2, -0.15) is 4.39 Å². The predicted molar refractivity (Wildman–Crippen MR) is 115 cm³/mol. The van der Waals surface area contributed by atoms with Crippen molar-refractivity contribution in [1.82, 2.24) is 15.3 Å². The first-order valence-electron chi connectivity index (χ1n) is 9.68. The Morgan fingerprint density at radius 2 is 1.72 bits per heavy atom. The third-order valence-corrected chi connectivity index (χ3v) is 6.25. The van der Waals surface area contributed by atoms with E-state index in [1.807, 2.05) is 12.3 Å². The zero-order valence-corrected chi connectivity index (χ0v) is 19.0. The number of rotatable bonds is 1. The number of hydrogen-bond donors (Lipinski definition) is 1. The van der Waals surface area contributed by atoms with Crippen LogP contribution in [-0.2, 0) is 9.47 Å². The van der Waals surface area contributed by atoms with Crippen molar-refractivity contribution in [2.45, 2.75) is 37.1 Å². The van der Waals surface area contributed by atoms with Crippen molar-refractivity contribution in [3.8, 4) is 0 Å². The van der Waals surface area contributed by atoms with E-state index in [1.165, 1.54) is 18.7 Å². The summed E-state index contributed by atoms with van der Waals surface area (Å²) < 4.78 is 24.6. The van der Waals surface area contributed by atoms with Crippen LogP contribution in [0.25, 0.3) is 0 Å². The SMILES string of the molecule is Brc1ccc(N2C[C@H]3C[C@@H]2CO3)nc1.C1O[C@H]2CN[C@@H]1C2.Fc1ccc(Br)cn1. The lowest BCUT2D eigenvalue weighted by Gasteiger charge is -2.27. The molecule has 6 rings (SSSR count). The minimum absolute atomic E-state index is 0.436. The maximum atomic E-state index is 12.0. The van der Waals surface area contributed by atoms with Crippen molar-refractivity contribution in [3.05, 3.63) is 51.6 Å². The van der Waals surface area contributed by atoms with Gasteiger partial charge in [0.1, 0.15) is 5.82 Å². The fourth-order valence-electron chi connectivity index (χ4n) is 3.86. The Labute approximate surface area is 186 Å². The van der Waals surface area contributed by atoms with E-state index < -0.39 is 5.95 Å². The van der Waals surface area contributed by atoms with Crippen LogP contribution < -0.4 is 10.2 Å². The van der Waals surface area contributed by atoms with E-state index in [4.69, 9.17) is 9.47 Å². The number of anilines is 1. The summed E-state index contributed by atoms with van der Waals surface area (Å²) >= 11 is 6.51. The first kappa shape index (κ1) is 21.1. The second kappa shape index (κ2) is 9.78. The zero-order chi connectivity index (χ0) is 20.2. The molecule has 0 aromatic carbocycles. The molecule has 4 saturated heterocycles. The van der Waals surface area contributed by atoms with Gasteiger partial charge in [-0.1, -0.05) is 0 Å². The van der Waals surface area contributed by atoms with Crippen LogP contribution in [0.2, 0.25) is 0 Å². The topological polar surface area (TPSA) is 59.5 Å². The Balaban J connectivity index is 0.000000116. The fraction of sp³-hybridized carbons (Fsp3) is 0.500. The highest BCUT2D eigenvalue weighted by molar-refractivity contribution is 9.10. The second-order valence-electron chi connectivity index (χ2n) is 7.43. The summed E-state index contributed by atoms with van der Waals surface area (Å²) in [6.07, 6.45) is 6.67. The molecule has 156 valence electrons. The standard InChI is InChI=1S/C10H11BrN2O.C5H3BrFN.C5H9NO/c11-7-1-2-10(12-4-7)13-5-9-3-8(13)6-14-9;6-4-1-2-5(7)8-3-4;1-4-3-7-5(1)2-6-4/h1-2,4,8-9H,3,5-6H2;1-3H;4-6H,1-3H2/t8-,9-;;4-,5-/m1.1/s1. The fourth-order valence-corrected chi connectivity index (χ4v) is 4.33. The normalized spacial score (nSPS) is 28.6. The number of halogens is 3. The van der Waals surface area contributed by atoms with Crippen LogP contribution in [0.15, 0.2) is 45.6 Å². The minimum atomic E-state index is -0.451. The van der Waals surface area contributed by atoms with E-state index in [9.17, 15) is 4.39 Å². The van der Waals surface area contributed by atoms with Gasteiger partial charge >= 0.3 is 0 Å². The summed E-state index contributed by atoms with van der Waals surface area (Å²) in [4.78, 5) is 10.1. The minimum Gasteiger partial charge on any atom is -0.375 e. The van der Waals surface area contributed by atoms with Gasteiger partial charge in [0.05, 0.1) is 31.5 Å². The summed E-state index contributed by atoms with van der Waals surface area (Å²) in [5, 5.41) is 3.33. The summed E-state index contributed by atoms with van der Waals surface area (Å²) in [6, 6.07) is 8.24. The number of morpholine rings is 2. The molecule has 2 aromatic rings. The average molecular weight is 530 g/mol. The van der Waals surface area contributed by atoms with Crippen LogP contribution in [-0.4, -0.2) is 60.6 Å². The van der Waals surface area contributed by atoms with E-state index in [2.05, 4.69) is 58.1 Å².